The zero-order valence-corrected chi connectivity index (χ0v) is 17.8. The first-order chi connectivity index (χ1) is 13.2. The lowest BCUT2D eigenvalue weighted by Crippen LogP contribution is -2.45. The molecule has 0 radical (unpaired) electrons. The molecule has 2 aliphatic rings. The maximum atomic E-state index is 13.1. The van der Waals surface area contributed by atoms with Crippen molar-refractivity contribution in [2.45, 2.75) is 32.0 Å². The Morgan fingerprint density at radius 3 is 2.83 bits per heavy atom. The minimum atomic E-state index is 0. The lowest BCUT2D eigenvalue weighted by Gasteiger charge is -2.37. The lowest BCUT2D eigenvalue weighted by atomic mass is 9.84. The van der Waals surface area contributed by atoms with Gasteiger partial charge in [-0.3, -0.25) is 9.69 Å². The first kappa shape index (κ1) is 21.8. The van der Waals surface area contributed by atoms with E-state index >= 15 is 0 Å². The summed E-state index contributed by atoms with van der Waals surface area (Å²) in [6.45, 7) is 4.20. The Hall–Kier alpha value is -1.93. The van der Waals surface area contributed by atoms with E-state index in [4.69, 9.17) is 4.63 Å². The van der Waals surface area contributed by atoms with Gasteiger partial charge in [-0.2, -0.15) is 0 Å². The van der Waals surface area contributed by atoms with Crippen LogP contribution in [0.25, 0.3) is 11.0 Å². The Morgan fingerprint density at radius 1 is 1.14 bits per heavy atom. The standard InChI is InChI=1S/C20H23N5O2.2ClH/c1-24(10-13-2-4-17-18(7-13)23-27-22-17)12-15-3-5-19-16-6-14(8-21-9-16)11-25(19)20(15)26;;/h2-5,7,14,16,21H,6,8-12H2,1H3;2*1H/t14-,16+;;/m0../s1. The third-order valence-corrected chi connectivity index (χ3v) is 5.80. The maximum Gasteiger partial charge on any atom is 0.255 e. The highest BCUT2D eigenvalue weighted by Gasteiger charge is 2.31. The second-order valence-corrected chi connectivity index (χ2v) is 7.92. The van der Waals surface area contributed by atoms with Crippen LogP contribution < -0.4 is 10.9 Å². The third kappa shape index (κ3) is 4.19. The van der Waals surface area contributed by atoms with Crippen molar-refractivity contribution in [3.8, 4) is 0 Å². The normalized spacial score (nSPS) is 20.1. The van der Waals surface area contributed by atoms with Crippen molar-refractivity contribution < 1.29 is 4.63 Å². The van der Waals surface area contributed by atoms with Crippen LogP contribution in [0.4, 0.5) is 0 Å². The predicted molar refractivity (Wildman–Crippen MR) is 116 cm³/mol. The minimum absolute atomic E-state index is 0. The summed E-state index contributed by atoms with van der Waals surface area (Å²) in [6.07, 6.45) is 1.20. The van der Waals surface area contributed by atoms with Crippen LogP contribution in [-0.4, -0.2) is 39.9 Å². The number of benzene rings is 1. The maximum absolute atomic E-state index is 13.1. The van der Waals surface area contributed by atoms with Crippen molar-refractivity contribution in [2.75, 3.05) is 20.1 Å². The number of piperidine rings is 1. The topological polar surface area (TPSA) is 76.2 Å². The highest BCUT2D eigenvalue weighted by Crippen LogP contribution is 2.31. The second-order valence-electron chi connectivity index (χ2n) is 7.92. The number of fused-ring (bicyclic) bond motifs is 5. The Kier molecular flexibility index (Phi) is 6.63. The number of hydrogen-bond acceptors (Lipinski definition) is 6. The van der Waals surface area contributed by atoms with Gasteiger partial charge in [-0.05, 0) is 60.0 Å². The molecule has 2 aliphatic heterocycles. The highest BCUT2D eigenvalue weighted by molar-refractivity contribution is 5.85. The molecule has 3 aromatic rings. The van der Waals surface area contributed by atoms with Crippen LogP contribution in [-0.2, 0) is 19.6 Å². The highest BCUT2D eigenvalue weighted by atomic mass is 35.5. The molecule has 2 atom stereocenters. The first-order valence-corrected chi connectivity index (χ1v) is 9.50. The fourth-order valence-electron chi connectivity index (χ4n) is 4.54. The van der Waals surface area contributed by atoms with Crippen LogP contribution in [0.15, 0.2) is 39.8 Å². The minimum Gasteiger partial charge on any atom is -0.316 e. The van der Waals surface area contributed by atoms with E-state index in [-0.39, 0.29) is 30.4 Å². The van der Waals surface area contributed by atoms with Crippen molar-refractivity contribution in [1.82, 2.24) is 25.1 Å². The number of rotatable bonds is 4. The van der Waals surface area contributed by atoms with Gasteiger partial charge in [0.1, 0.15) is 11.0 Å². The van der Waals surface area contributed by atoms with Crippen LogP contribution in [0, 0.1) is 5.92 Å². The molecule has 1 saturated heterocycles. The van der Waals surface area contributed by atoms with Crippen LogP contribution in [0.3, 0.4) is 0 Å². The summed E-state index contributed by atoms with van der Waals surface area (Å²) in [6, 6.07) is 10.1. The zero-order valence-electron chi connectivity index (χ0n) is 16.2. The molecule has 2 bridgehead atoms. The average Bonchev–Trinajstić information content (AvgIpc) is 3.12. The van der Waals surface area contributed by atoms with Gasteiger partial charge in [-0.15, -0.1) is 24.8 Å². The van der Waals surface area contributed by atoms with Crippen LogP contribution in [0.2, 0.25) is 0 Å². The van der Waals surface area contributed by atoms with Crippen molar-refractivity contribution in [2.24, 2.45) is 5.92 Å². The summed E-state index contributed by atoms with van der Waals surface area (Å²) in [7, 11) is 2.04. The van der Waals surface area contributed by atoms with Gasteiger partial charge in [0.15, 0.2) is 0 Å². The molecule has 0 aliphatic carbocycles. The monoisotopic (exact) mass is 437 g/mol. The molecular weight excluding hydrogens is 413 g/mol. The number of hydrogen-bond donors (Lipinski definition) is 1. The number of nitrogens with zero attached hydrogens (tertiary/aromatic N) is 4. The largest absolute Gasteiger partial charge is 0.316 e. The first-order valence-electron chi connectivity index (χ1n) is 9.50. The number of halogens is 2. The van der Waals surface area contributed by atoms with Gasteiger partial charge >= 0.3 is 0 Å². The van der Waals surface area contributed by atoms with Crippen molar-refractivity contribution in [3.05, 3.63) is 57.5 Å². The summed E-state index contributed by atoms with van der Waals surface area (Å²) in [5.74, 6) is 1.05. The van der Waals surface area contributed by atoms with Crippen LogP contribution in [0.5, 0.6) is 0 Å². The van der Waals surface area contributed by atoms with Gasteiger partial charge in [0.2, 0.25) is 0 Å². The van der Waals surface area contributed by atoms with E-state index in [0.717, 1.165) is 48.3 Å². The van der Waals surface area contributed by atoms with Crippen LogP contribution in [0.1, 0.15) is 29.2 Å². The molecule has 4 heterocycles. The van der Waals surface area contributed by atoms with E-state index < -0.39 is 0 Å². The predicted octanol–water partition coefficient (Wildman–Crippen LogP) is 2.57. The Morgan fingerprint density at radius 2 is 1.97 bits per heavy atom. The van der Waals surface area contributed by atoms with E-state index in [1.165, 1.54) is 12.1 Å². The summed E-state index contributed by atoms with van der Waals surface area (Å²) in [5.41, 5.74) is 4.87. The molecule has 0 spiro atoms. The van der Waals surface area contributed by atoms with Gasteiger partial charge in [0.25, 0.3) is 5.56 Å². The Balaban J connectivity index is 0.00000120. The summed E-state index contributed by atoms with van der Waals surface area (Å²) >= 11 is 0. The summed E-state index contributed by atoms with van der Waals surface area (Å²) in [4.78, 5) is 15.2. The molecule has 29 heavy (non-hydrogen) atoms. The number of aromatic nitrogens is 3. The molecule has 156 valence electrons. The van der Waals surface area contributed by atoms with E-state index in [0.29, 0.717) is 18.4 Å². The molecule has 1 fully saturated rings. The van der Waals surface area contributed by atoms with E-state index in [1.54, 1.807) is 0 Å². The smallest absolute Gasteiger partial charge is 0.255 e. The van der Waals surface area contributed by atoms with Gasteiger partial charge in [-0.25, -0.2) is 4.63 Å². The molecule has 7 nitrogen and oxygen atoms in total. The molecule has 1 N–H and O–H groups in total. The second kappa shape index (κ2) is 8.83. The fraction of sp³-hybridized carbons (Fsp3) is 0.450. The van der Waals surface area contributed by atoms with Gasteiger partial charge < -0.3 is 9.88 Å². The average molecular weight is 438 g/mol. The molecule has 1 aromatic carbocycles. The van der Waals surface area contributed by atoms with E-state index in [1.807, 2.05) is 35.9 Å². The SMILES string of the molecule is CN(Cc1ccc2nonc2c1)Cc1ccc2n(c1=O)C[C@@H]1CNC[C@H]2C1.Cl.Cl. The number of nitrogens with one attached hydrogen (secondary N) is 1. The van der Waals surface area contributed by atoms with Crippen molar-refractivity contribution >= 4 is 35.8 Å². The quantitative estimate of drug-likeness (QED) is 0.675. The molecule has 5 rings (SSSR count). The van der Waals surface area contributed by atoms with Gasteiger partial charge in [0, 0.05) is 43.4 Å². The molecule has 0 amide bonds. The molecule has 2 aromatic heterocycles. The molecule has 9 heteroatoms. The zero-order chi connectivity index (χ0) is 18.4. The third-order valence-electron chi connectivity index (χ3n) is 5.80. The number of pyridine rings is 1. The lowest BCUT2D eigenvalue weighted by molar-refractivity contribution is 0.254. The van der Waals surface area contributed by atoms with E-state index in [9.17, 15) is 4.79 Å². The van der Waals surface area contributed by atoms with Crippen LogP contribution >= 0.6 is 24.8 Å². The molecule has 0 saturated carbocycles. The fourth-order valence-corrected chi connectivity index (χ4v) is 4.54. The van der Waals surface area contributed by atoms with Crippen molar-refractivity contribution in [3.63, 3.8) is 0 Å². The van der Waals surface area contributed by atoms with Gasteiger partial charge in [-0.1, -0.05) is 12.1 Å². The Labute approximate surface area is 181 Å². The van der Waals surface area contributed by atoms with E-state index in [2.05, 4.69) is 26.6 Å². The molecule has 0 unspecified atom stereocenters. The molecular formula is C20H25Cl2N5O2. The Bertz CT molecular complexity index is 1050. The summed E-state index contributed by atoms with van der Waals surface area (Å²) < 4.78 is 6.78. The van der Waals surface area contributed by atoms with Gasteiger partial charge in [0.05, 0.1) is 0 Å². The van der Waals surface area contributed by atoms with Crippen molar-refractivity contribution in [1.29, 1.82) is 0 Å². The summed E-state index contributed by atoms with van der Waals surface area (Å²) in [5, 5.41) is 11.2.